The van der Waals surface area contributed by atoms with Gasteiger partial charge < -0.3 is 9.47 Å². The average Bonchev–Trinajstić information content (AvgIpc) is 2.78. The standard InChI is InChI=1S/C10H12N4O3/c1-16-7-3-5-6(4-8(7)17-2)13-14-9(5)10(15)12-11/h3-4H,11H2,1-2H3,(H,12,15)(H,13,14). The Bertz CT molecular complexity index is 564. The Morgan fingerprint density at radius 3 is 2.59 bits per heavy atom. The topological polar surface area (TPSA) is 102 Å². The number of nitrogens with zero attached hydrogens (tertiary/aromatic N) is 1. The van der Waals surface area contributed by atoms with Crippen LogP contribution in [0.5, 0.6) is 11.5 Å². The van der Waals surface area contributed by atoms with E-state index < -0.39 is 5.91 Å². The van der Waals surface area contributed by atoms with E-state index in [-0.39, 0.29) is 5.69 Å². The first-order valence-corrected chi connectivity index (χ1v) is 4.82. The van der Waals surface area contributed by atoms with E-state index in [0.717, 1.165) is 0 Å². The van der Waals surface area contributed by atoms with Crippen molar-refractivity contribution in [3.63, 3.8) is 0 Å². The Kier molecular flexibility index (Phi) is 2.84. The van der Waals surface area contributed by atoms with Gasteiger partial charge in [0.25, 0.3) is 5.91 Å². The molecule has 0 aliphatic heterocycles. The first-order chi connectivity index (χ1) is 8.21. The Hall–Kier alpha value is -2.28. The van der Waals surface area contributed by atoms with Crippen LogP contribution < -0.4 is 20.7 Å². The number of aromatic nitrogens is 2. The summed E-state index contributed by atoms with van der Waals surface area (Å²) in [5.41, 5.74) is 2.91. The van der Waals surface area contributed by atoms with Gasteiger partial charge in [-0.1, -0.05) is 0 Å². The number of hydrogen-bond donors (Lipinski definition) is 3. The van der Waals surface area contributed by atoms with Crippen LogP contribution in [0.15, 0.2) is 12.1 Å². The molecule has 4 N–H and O–H groups in total. The van der Waals surface area contributed by atoms with Crippen molar-refractivity contribution in [2.45, 2.75) is 0 Å². The number of carbonyl (C=O) groups excluding carboxylic acids is 1. The number of methoxy groups -OCH3 is 2. The zero-order valence-electron chi connectivity index (χ0n) is 9.40. The van der Waals surface area contributed by atoms with Crippen molar-refractivity contribution in [3.8, 4) is 11.5 Å². The molecule has 0 saturated heterocycles. The molecular formula is C10H12N4O3. The van der Waals surface area contributed by atoms with Crippen LogP contribution in [0.1, 0.15) is 10.5 Å². The van der Waals surface area contributed by atoms with Crippen LogP contribution in [-0.4, -0.2) is 30.3 Å². The highest BCUT2D eigenvalue weighted by atomic mass is 16.5. The van der Waals surface area contributed by atoms with E-state index in [4.69, 9.17) is 15.3 Å². The largest absolute Gasteiger partial charge is 0.493 e. The van der Waals surface area contributed by atoms with Gasteiger partial charge in [-0.2, -0.15) is 5.10 Å². The molecule has 17 heavy (non-hydrogen) atoms. The van der Waals surface area contributed by atoms with Gasteiger partial charge in [0.05, 0.1) is 19.7 Å². The predicted octanol–water partition coefficient (Wildman–Crippen LogP) is 0.184. The van der Waals surface area contributed by atoms with E-state index in [9.17, 15) is 4.79 Å². The van der Waals surface area contributed by atoms with Gasteiger partial charge in [0.15, 0.2) is 17.2 Å². The second kappa shape index (κ2) is 4.30. The lowest BCUT2D eigenvalue weighted by Crippen LogP contribution is -2.30. The molecule has 0 aliphatic carbocycles. The molecule has 7 heteroatoms. The molecule has 0 atom stereocenters. The maximum atomic E-state index is 11.5. The molecule has 0 radical (unpaired) electrons. The molecule has 0 spiro atoms. The fraction of sp³-hybridized carbons (Fsp3) is 0.200. The molecule has 1 aromatic carbocycles. The average molecular weight is 236 g/mol. The smallest absolute Gasteiger partial charge is 0.286 e. The molecule has 0 unspecified atom stereocenters. The molecular weight excluding hydrogens is 224 g/mol. The lowest BCUT2D eigenvalue weighted by molar-refractivity contribution is 0.0950. The molecule has 1 aromatic heterocycles. The highest BCUT2D eigenvalue weighted by molar-refractivity contribution is 6.05. The maximum absolute atomic E-state index is 11.5. The van der Waals surface area contributed by atoms with Crippen molar-refractivity contribution in [2.24, 2.45) is 5.84 Å². The van der Waals surface area contributed by atoms with Crippen LogP contribution in [0, 0.1) is 0 Å². The molecule has 2 aromatic rings. The summed E-state index contributed by atoms with van der Waals surface area (Å²) in [6.45, 7) is 0. The minimum Gasteiger partial charge on any atom is -0.493 e. The fourth-order valence-electron chi connectivity index (χ4n) is 1.59. The van der Waals surface area contributed by atoms with Crippen molar-refractivity contribution >= 4 is 16.8 Å². The third-order valence-electron chi connectivity index (χ3n) is 2.41. The zero-order valence-corrected chi connectivity index (χ0v) is 9.40. The zero-order chi connectivity index (χ0) is 12.4. The van der Waals surface area contributed by atoms with Gasteiger partial charge in [-0.15, -0.1) is 0 Å². The van der Waals surface area contributed by atoms with E-state index in [1.165, 1.54) is 14.2 Å². The minimum atomic E-state index is -0.469. The number of hydrazine groups is 1. The van der Waals surface area contributed by atoms with Crippen molar-refractivity contribution in [3.05, 3.63) is 17.8 Å². The summed E-state index contributed by atoms with van der Waals surface area (Å²) < 4.78 is 10.3. The number of nitrogen functional groups attached to an aromatic ring is 1. The third-order valence-corrected chi connectivity index (χ3v) is 2.41. The van der Waals surface area contributed by atoms with Crippen LogP contribution in [0.25, 0.3) is 10.9 Å². The number of nitrogens with one attached hydrogen (secondary N) is 2. The van der Waals surface area contributed by atoms with Gasteiger partial charge >= 0.3 is 0 Å². The van der Waals surface area contributed by atoms with Crippen LogP contribution >= 0.6 is 0 Å². The summed E-state index contributed by atoms with van der Waals surface area (Å²) in [6.07, 6.45) is 0. The second-order valence-corrected chi connectivity index (χ2v) is 3.30. The number of benzene rings is 1. The van der Waals surface area contributed by atoms with Gasteiger partial charge in [-0.05, 0) is 6.07 Å². The Morgan fingerprint density at radius 1 is 1.35 bits per heavy atom. The van der Waals surface area contributed by atoms with E-state index >= 15 is 0 Å². The molecule has 0 fully saturated rings. The third kappa shape index (κ3) is 1.76. The summed E-state index contributed by atoms with van der Waals surface area (Å²) in [6, 6.07) is 3.37. The fourth-order valence-corrected chi connectivity index (χ4v) is 1.59. The van der Waals surface area contributed by atoms with Crippen molar-refractivity contribution in [1.82, 2.24) is 15.6 Å². The lowest BCUT2D eigenvalue weighted by Gasteiger charge is -2.07. The predicted molar refractivity (Wildman–Crippen MR) is 60.9 cm³/mol. The van der Waals surface area contributed by atoms with Crippen LogP contribution in [0.2, 0.25) is 0 Å². The quantitative estimate of drug-likeness (QED) is 0.401. The summed E-state index contributed by atoms with van der Waals surface area (Å²) in [5, 5.41) is 7.23. The summed E-state index contributed by atoms with van der Waals surface area (Å²) in [5.74, 6) is 5.68. The Labute approximate surface area is 96.9 Å². The highest BCUT2D eigenvalue weighted by Gasteiger charge is 2.16. The maximum Gasteiger partial charge on any atom is 0.286 e. The van der Waals surface area contributed by atoms with Crippen LogP contribution in [0.3, 0.4) is 0 Å². The Balaban J connectivity index is 2.65. The van der Waals surface area contributed by atoms with Gasteiger partial charge in [-0.3, -0.25) is 15.3 Å². The Morgan fingerprint density at radius 2 is 2.00 bits per heavy atom. The number of hydrogen-bond acceptors (Lipinski definition) is 5. The minimum absolute atomic E-state index is 0.212. The highest BCUT2D eigenvalue weighted by Crippen LogP contribution is 2.32. The molecule has 0 saturated carbocycles. The van der Waals surface area contributed by atoms with Crippen molar-refractivity contribution in [1.29, 1.82) is 0 Å². The van der Waals surface area contributed by atoms with E-state index in [1.54, 1.807) is 12.1 Å². The SMILES string of the molecule is COc1cc2[nH]nc(C(=O)NN)c2cc1OC. The number of rotatable bonds is 3. The van der Waals surface area contributed by atoms with E-state index in [1.807, 2.05) is 5.43 Å². The molecule has 0 bridgehead atoms. The normalized spacial score (nSPS) is 10.3. The molecule has 2 rings (SSSR count). The van der Waals surface area contributed by atoms with Crippen molar-refractivity contribution < 1.29 is 14.3 Å². The summed E-state index contributed by atoms with van der Waals surface area (Å²) in [4.78, 5) is 11.5. The van der Waals surface area contributed by atoms with Crippen LogP contribution in [-0.2, 0) is 0 Å². The molecule has 1 amide bonds. The number of fused-ring (bicyclic) bond motifs is 1. The van der Waals surface area contributed by atoms with Gasteiger partial charge in [0.1, 0.15) is 0 Å². The number of H-pyrrole nitrogens is 1. The van der Waals surface area contributed by atoms with E-state index in [2.05, 4.69) is 10.2 Å². The lowest BCUT2D eigenvalue weighted by atomic mass is 10.2. The first kappa shape index (κ1) is 11.2. The van der Waals surface area contributed by atoms with Crippen LogP contribution in [0.4, 0.5) is 0 Å². The number of nitrogens with two attached hydrogens (primary N) is 1. The second-order valence-electron chi connectivity index (χ2n) is 3.30. The van der Waals surface area contributed by atoms with Crippen molar-refractivity contribution in [2.75, 3.05) is 14.2 Å². The van der Waals surface area contributed by atoms with E-state index in [0.29, 0.717) is 22.4 Å². The molecule has 0 aliphatic rings. The number of amides is 1. The molecule has 7 nitrogen and oxygen atoms in total. The first-order valence-electron chi connectivity index (χ1n) is 4.82. The summed E-state index contributed by atoms with van der Waals surface area (Å²) in [7, 11) is 3.06. The van der Waals surface area contributed by atoms with Gasteiger partial charge in [0.2, 0.25) is 0 Å². The number of aromatic amines is 1. The van der Waals surface area contributed by atoms with Gasteiger partial charge in [0, 0.05) is 11.5 Å². The number of ether oxygens (including phenoxy) is 2. The van der Waals surface area contributed by atoms with Gasteiger partial charge in [-0.25, -0.2) is 5.84 Å². The summed E-state index contributed by atoms with van der Waals surface area (Å²) >= 11 is 0. The number of carbonyl (C=O) groups is 1. The monoisotopic (exact) mass is 236 g/mol. The molecule has 90 valence electrons. The molecule has 1 heterocycles.